The number of carbonyl (C=O) groups is 2. The average Bonchev–Trinajstić information content (AvgIpc) is 2.49. The predicted molar refractivity (Wildman–Crippen MR) is 77.0 cm³/mol. The lowest BCUT2D eigenvalue weighted by Gasteiger charge is -2.21. The Bertz CT molecular complexity index is 459. The van der Waals surface area contributed by atoms with E-state index in [0.717, 1.165) is 5.56 Å². The largest absolute Gasteiger partial charge is 0.468 e. The van der Waals surface area contributed by atoms with Gasteiger partial charge in [0.25, 0.3) is 0 Å². The van der Waals surface area contributed by atoms with Crippen LogP contribution in [-0.2, 0) is 14.3 Å². The third-order valence-electron chi connectivity index (χ3n) is 2.80. The minimum atomic E-state index is -0.675. The van der Waals surface area contributed by atoms with E-state index in [-0.39, 0.29) is 5.91 Å². The molecule has 0 saturated heterocycles. The summed E-state index contributed by atoms with van der Waals surface area (Å²) in [5, 5.41) is 5.65. The van der Waals surface area contributed by atoms with E-state index < -0.39 is 18.1 Å². The van der Waals surface area contributed by atoms with Gasteiger partial charge in [-0.25, -0.2) is 4.79 Å². The highest BCUT2D eigenvalue weighted by atomic mass is 16.5. The number of nitrogens with one attached hydrogen (secondary N) is 2. The Kier molecular flexibility index (Phi) is 6.46. The molecule has 2 atom stereocenters. The molecule has 0 aliphatic heterocycles. The van der Waals surface area contributed by atoms with Crippen LogP contribution in [0.4, 0.5) is 0 Å². The van der Waals surface area contributed by atoms with Crippen molar-refractivity contribution in [2.24, 2.45) is 0 Å². The summed E-state index contributed by atoms with van der Waals surface area (Å²) >= 11 is 0. The molecule has 5 nitrogen and oxygen atoms in total. The molecular weight excluding hydrogens is 256 g/mol. The van der Waals surface area contributed by atoms with Gasteiger partial charge in [-0.3, -0.25) is 10.1 Å². The summed E-state index contributed by atoms with van der Waals surface area (Å²) in [4.78, 5) is 23.7. The van der Waals surface area contributed by atoms with Gasteiger partial charge in [0, 0.05) is 6.54 Å². The smallest absolute Gasteiger partial charge is 0.327 e. The van der Waals surface area contributed by atoms with E-state index in [0.29, 0.717) is 6.54 Å². The summed E-state index contributed by atoms with van der Waals surface area (Å²) < 4.78 is 4.78. The lowest BCUT2D eigenvalue weighted by atomic mass is 10.1. The van der Waals surface area contributed by atoms with E-state index in [1.165, 1.54) is 7.11 Å². The molecule has 108 valence electrons. The predicted octanol–water partition coefficient (Wildman–Crippen LogP) is 1.18. The zero-order valence-corrected chi connectivity index (χ0v) is 11.8. The molecule has 0 fully saturated rings. The zero-order chi connectivity index (χ0) is 15.0. The van der Waals surface area contributed by atoms with Gasteiger partial charge in [-0.2, -0.15) is 0 Å². The Balaban J connectivity index is 2.78. The number of amides is 1. The molecule has 0 saturated carbocycles. The molecule has 5 heteroatoms. The second-order valence-electron chi connectivity index (χ2n) is 4.29. The number of benzene rings is 1. The Morgan fingerprint density at radius 2 is 2.00 bits per heavy atom. The van der Waals surface area contributed by atoms with Crippen molar-refractivity contribution < 1.29 is 14.3 Å². The maximum absolute atomic E-state index is 11.9. The number of ether oxygens (including phenoxy) is 1. The Morgan fingerprint density at radius 1 is 1.35 bits per heavy atom. The van der Waals surface area contributed by atoms with Gasteiger partial charge < -0.3 is 10.1 Å². The minimum absolute atomic E-state index is 0.199. The lowest BCUT2D eigenvalue weighted by Crippen LogP contribution is -2.45. The van der Waals surface area contributed by atoms with Crippen LogP contribution in [0.25, 0.3) is 0 Å². The van der Waals surface area contributed by atoms with Crippen molar-refractivity contribution in [3.8, 4) is 0 Å². The first-order chi connectivity index (χ1) is 9.60. The van der Waals surface area contributed by atoms with Gasteiger partial charge in [0.15, 0.2) is 0 Å². The van der Waals surface area contributed by atoms with E-state index in [1.54, 1.807) is 13.0 Å². The van der Waals surface area contributed by atoms with Crippen LogP contribution in [0.15, 0.2) is 43.0 Å². The third kappa shape index (κ3) is 4.51. The lowest BCUT2D eigenvalue weighted by molar-refractivity contribution is -0.143. The summed E-state index contributed by atoms with van der Waals surface area (Å²) in [6.07, 6.45) is 1.60. The maximum Gasteiger partial charge on any atom is 0.327 e. The van der Waals surface area contributed by atoms with Gasteiger partial charge in [0.05, 0.1) is 13.2 Å². The topological polar surface area (TPSA) is 67.4 Å². The molecule has 1 rings (SSSR count). The molecule has 20 heavy (non-hydrogen) atoms. The molecule has 0 aliphatic rings. The average molecular weight is 276 g/mol. The number of esters is 1. The van der Waals surface area contributed by atoms with Crippen molar-refractivity contribution >= 4 is 11.9 Å². The van der Waals surface area contributed by atoms with Gasteiger partial charge in [0.1, 0.15) is 6.04 Å². The summed E-state index contributed by atoms with van der Waals surface area (Å²) in [5.41, 5.74) is 0.753. The monoisotopic (exact) mass is 276 g/mol. The van der Waals surface area contributed by atoms with Crippen molar-refractivity contribution in [3.05, 3.63) is 48.6 Å². The molecule has 0 spiro atoms. The van der Waals surface area contributed by atoms with E-state index in [9.17, 15) is 9.59 Å². The van der Waals surface area contributed by atoms with Gasteiger partial charge >= 0.3 is 5.97 Å². The van der Waals surface area contributed by atoms with E-state index in [1.807, 2.05) is 30.3 Å². The van der Waals surface area contributed by atoms with Crippen molar-refractivity contribution in [3.63, 3.8) is 0 Å². The normalized spacial score (nSPS) is 13.1. The fourth-order valence-corrected chi connectivity index (χ4v) is 1.72. The summed E-state index contributed by atoms with van der Waals surface area (Å²) in [6.45, 7) is 5.61. The summed E-state index contributed by atoms with van der Waals surface area (Å²) in [7, 11) is 1.32. The quantitative estimate of drug-likeness (QED) is 0.580. The van der Waals surface area contributed by atoms with Crippen molar-refractivity contribution in [1.29, 1.82) is 0 Å². The van der Waals surface area contributed by atoms with Crippen LogP contribution in [-0.4, -0.2) is 31.6 Å². The minimum Gasteiger partial charge on any atom is -0.468 e. The summed E-state index contributed by atoms with van der Waals surface area (Å²) in [6, 6.07) is 7.93. The first-order valence-corrected chi connectivity index (χ1v) is 6.37. The Labute approximate surface area is 119 Å². The molecule has 2 unspecified atom stereocenters. The van der Waals surface area contributed by atoms with Crippen LogP contribution in [0, 0.1) is 0 Å². The van der Waals surface area contributed by atoms with E-state index in [2.05, 4.69) is 17.2 Å². The number of methoxy groups -OCH3 is 1. The standard InChI is InChI=1S/C15H20N2O3/c1-4-10-16-14(18)11(2)17-13(15(19)20-3)12-8-6-5-7-9-12/h4-9,11,13,17H,1,10H2,2-3H3,(H,16,18). The van der Waals surface area contributed by atoms with Crippen molar-refractivity contribution in [2.45, 2.75) is 19.0 Å². The molecule has 0 aromatic heterocycles. The van der Waals surface area contributed by atoms with Crippen LogP contribution in [0.5, 0.6) is 0 Å². The summed E-state index contributed by atoms with van der Waals surface area (Å²) in [5.74, 6) is -0.630. The SMILES string of the molecule is C=CCNC(=O)C(C)NC(C(=O)OC)c1ccccc1. The molecule has 0 heterocycles. The Morgan fingerprint density at radius 3 is 2.55 bits per heavy atom. The van der Waals surface area contributed by atoms with Gasteiger partial charge in [-0.05, 0) is 12.5 Å². The molecule has 1 aromatic carbocycles. The number of carbonyl (C=O) groups excluding carboxylic acids is 2. The van der Waals surface area contributed by atoms with Gasteiger partial charge in [0.2, 0.25) is 5.91 Å². The van der Waals surface area contributed by atoms with Crippen LogP contribution >= 0.6 is 0 Å². The second-order valence-corrected chi connectivity index (χ2v) is 4.29. The highest BCUT2D eigenvalue weighted by molar-refractivity contribution is 5.83. The molecule has 0 radical (unpaired) electrons. The number of hydrogen-bond donors (Lipinski definition) is 2. The Hall–Kier alpha value is -2.14. The molecule has 1 amide bonds. The molecule has 1 aromatic rings. The van der Waals surface area contributed by atoms with E-state index >= 15 is 0 Å². The van der Waals surface area contributed by atoms with Gasteiger partial charge in [-0.1, -0.05) is 36.4 Å². The van der Waals surface area contributed by atoms with Crippen LogP contribution in [0.3, 0.4) is 0 Å². The molecule has 0 aliphatic carbocycles. The first-order valence-electron chi connectivity index (χ1n) is 6.37. The van der Waals surface area contributed by atoms with Gasteiger partial charge in [-0.15, -0.1) is 6.58 Å². The molecule has 2 N–H and O–H groups in total. The van der Waals surface area contributed by atoms with Crippen molar-refractivity contribution in [2.75, 3.05) is 13.7 Å². The highest BCUT2D eigenvalue weighted by Crippen LogP contribution is 2.14. The van der Waals surface area contributed by atoms with Crippen LogP contribution in [0.2, 0.25) is 0 Å². The molecular formula is C15H20N2O3. The highest BCUT2D eigenvalue weighted by Gasteiger charge is 2.25. The van der Waals surface area contributed by atoms with Crippen LogP contribution in [0.1, 0.15) is 18.5 Å². The van der Waals surface area contributed by atoms with Crippen molar-refractivity contribution in [1.82, 2.24) is 10.6 Å². The maximum atomic E-state index is 11.9. The number of rotatable bonds is 7. The third-order valence-corrected chi connectivity index (χ3v) is 2.80. The number of hydrogen-bond acceptors (Lipinski definition) is 4. The fourth-order valence-electron chi connectivity index (χ4n) is 1.72. The first kappa shape index (κ1) is 15.9. The van der Waals surface area contributed by atoms with Crippen LogP contribution < -0.4 is 10.6 Å². The second kappa shape index (κ2) is 8.12. The van der Waals surface area contributed by atoms with E-state index in [4.69, 9.17) is 4.74 Å². The fraction of sp³-hybridized carbons (Fsp3) is 0.333. The molecule has 0 bridgehead atoms. The zero-order valence-electron chi connectivity index (χ0n) is 11.8.